The summed E-state index contributed by atoms with van der Waals surface area (Å²) in [5, 5.41) is 0. The van der Waals surface area contributed by atoms with Gasteiger partial charge in [-0.3, -0.25) is 0 Å². The Morgan fingerprint density at radius 2 is 1.75 bits per heavy atom. The van der Waals surface area contributed by atoms with Gasteiger partial charge in [0.2, 0.25) is 0 Å². The van der Waals surface area contributed by atoms with E-state index in [1.807, 2.05) is 6.92 Å². The third-order valence-electron chi connectivity index (χ3n) is 3.07. The van der Waals surface area contributed by atoms with Crippen molar-refractivity contribution in [2.45, 2.75) is 26.7 Å². The average Bonchev–Trinajstić information content (AvgIpc) is 2.30. The van der Waals surface area contributed by atoms with Crippen molar-refractivity contribution < 1.29 is 9.47 Å². The summed E-state index contributed by atoms with van der Waals surface area (Å²) in [6.07, 6.45) is 0. The Bertz CT molecular complexity index is 375. The SMILES string of the molecule is COc1c(C(C)CN)cc(C)c(C)c1OC. The van der Waals surface area contributed by atoms with Crippen molar-refractivity contribution in [2.24, 2.45) is 5.73 Å². The molecule has 0 saturated heterocycles. The number of rotatable bonds is 4. The minimum Gasteiger partial charge on any atom is -0.493 e. The molecular formula is C13H21NO2. The zero-order chi connectivity index (χ0) is 12.3. The van der Waals surface area contributed by atoms with Crippen LogP contribution in [0.4, 0.5) is 0 Å². The molecule has 0 aliphatic heterocycles. The van der Waals surface area contributed by atoms with Gasteiger partial charge in [0, 0.05) is 5.56 Å². The molecule has 0 amide bonds. The van der Waals surface area contributed by atoms with Gasteiger partial charge in [-0.15, -0.1) is 0 Å². The Morgan fingerprint density at radius 3 is 2.19 bits per heavy atom. The first-order valence-electron chi connectivity index (χ1n) is 5.48. The molecule has 90 valence electrons. The quantitative estimate of drug-likeness (QED) is 0.852. The normalized spacial score (nSPS) is 12.4. The predicted molar refractivity (Wildman–Crippen MR) is 66.5 cm³/mol. The van der Waals surface area contributed by atoms with Gasteiger partial charge >= 0.3 is 0 Å². The molecule has 1 aromatic carbocycles. The first-order chi connectivity index (χ1) is 7.56. The molecular weight excluding hydrogens is 202 g/mol. The van der Waals surface area contributed by atoms with Crippen LogP contribution in [0, 0.1) is 13.8 Å². The van der Waals surface area contributed by atoms with E-state index >= 15 is 0 Å². The van der Waals surface area contributed by atoms with Crippen molar-refractivity contribution in [3.63, 3.8) is 0 Å². The summed E-state index contributed by atoms with van der Waals surface area (Å²) in [6, 6.07) is 2.13. The Hall–Kier alpha value is -1.22. The van der Waals surface area contributed by atoms with E-state index in [4.69, 9.17) is 15.2 Å². The minimum absolute atomic E-state index is 0.267. The molecule has 0 heterocycles. The molecule has 1 atom stereocenters. The summed E-state index contributed by atoms with van der Waals surface area (Å²) in [5.74, 6) is 1.89. The predicted octanol–water partition coefficient (Wildman–Crippen LogP) is 2.38. The van der Waals surface area contributed by atoms with Crippen LogP contribution in [0.5, 0.6) is 11.5 Å². The molecule has 0 spiro atoms. The monoisotopic (exact) mass is 223 g/mol. The van der Waals surface area contributed by atoms with E-state index in [1.54, 1.807) is 14.2 Å². The first kappa shape index (κ1) is 12.8. The molecule has 0 bridgehead atoms. The van der Waals surface area contributed by atoms with Crippen molar-refractivity contribution in [2.75, 3.05) is 20.8 Å². The zero-order valence-corrected chi connectivity index (χ0v) is 10.8. The molecule has 0 aliphatic carbocycles. The van der Waals surface area contributed by atoms with Gasteiger partial charge in [0.15, 0.2) is 11.5 Å². The minimum atomic E-state index is 0.267. The smallest absolute Gasteiger partial charge is 0.164 e. The molecule has 0 fully saturated rings. The standard InChI is InChI=1S/C13H21NO2/c1-8-6-11(9(2)7-14)13(16-5)12(15-4)10(8)3/h6,9H,7,14H2,1-5H3. The highest BCUT2D eigenvalue weighted by Crippen LogP contribution is 2.39. The number of ether oxygens (including phenoxy) is 2. The fourth-order valence-electron chi connectivity index (χ4n) is 1.84. The number of benzene rings is 1. The molecule has 1 aromatic rings. The van der Waals surface area contributed by atoms with Gasteiger partial charge < -0.3 is 15.2 Å². The van der Waals surface area contributed by atoms with Gasteiger partial charge in [0.25, 0.3) is 0 Å². The molecule has 1 unspecified atom stereocenters. The second kappa shape index (κ2) is 5.21. The van der Waals surface area contributed by atoms with E-state index in [0.717, 1.165) is 22.6 Å². The lowest BCUT2D eigenvalue weighted by Crippen LogP contribution is -2.11. The van der Waals surface area contributed by atoms with Crippen molar-refractivity contribution >= 4 is 0 Å². The molecule has 2 N–H and O–H groups in total. The maximum atomic E-state index is 5.71. The lowest BCUT2D eigenvalue weighted by atomic mass is 9.95. The Balaban J connectivity index is 3.43. The highest BCUT2D eigenvalue weighted by Gasteiger charge is 2.18. The van der Waals surface area contributed by atoms with Crippen LogP contribution in [-0.2, 0) is 0 Å². The lowest BCUT2D eigenvalue weighted by molar-refractivity contribution is 0.347. The van der Waals surface area contributed by atoms with Crippen LogP contribution in [0.3, 0.4) is 0 Å². The summed E-state index contributed by atoms with van der Waals surface area (Å²) in [7, 11) is 3.33. The average molecular weight is 223 g/mol. The van der Waals surface area contributed by atoms with E-state index < -0.39 is 0 Å². The second-order valence-electron chi connectivity index (χ2n) is 4.11. The summed E-state index contributed by atoms with van der Waals surface area (Å²) in [4.78, 5) is 0. The molecule has 1 rings (SSSR count). The van der Waals surface area contributed by atoms with E-state index in [2.05, 4.69) is 19.9 Å². The van der Waals surface area contributed by atoms with Gasteiger partial charge in [-0.2, -0.15) is 0 Å². The highest BCUT2D eigenvalue weighted by molar-refractivity contribution is 5.56. The van der Waals surface area contributed by atoms with Crippen LogP contribution in [0.1, 0.15) is 29.5 Å². The van der Waals surface area contributed by atoms with E-state index in [-0.39, 0.29) is 5.92 Å². The van der Waals surface area contributed by atoms with Crippen LogP contribution in [-0.4, -0.2) is 20.8 Å². The molecule has 3 nitrogen and oxygen atoms in total. The van der Waals surface area contributed by atoms with Crippen molar-refractivity contribution in [1.82, 2.24) is 0 Å². The Morgan fingerprint density at radius 1 is 1.19 bits per heavy atom. The Kier molecular flexibility index (Phi) is 4.19. The number of hydrogen-bond acceptors (Lipinski definition) is 3. The summed E-state index contributed by atoms with van der Waals surface area (Å²) < 4.78 is 10.9. The molecule has 0 aromatic heterocycles. The van der Waals surface area contributed by atoms with Crippen molar-refractivity contribution in [1.29, 1.82) is 0 Å². The largest absolute Gasteiger partial charge is 0.493 e. The summed E-state index contributed by atoms with van der Waals surface area (Å²) >= 11 is 0. The number of methoxy groups -OCH3 is 2. The first-order valence-corrected chi connectivity index (χ1v) is 5.48. The number of aryl methyl sites for hydroxylation is 1. The zero-order valence-electron chi connectivity index (χ0n) is 10.8. The van der Waals surface area contributed by atoms with Crippen LogP contribution in [0.25, 0.3) is 0 Å². The molecule has 0 saturated carbocycles. The van der Waals surface area contributed by atoms with Crippen LogP contribution in [0.15, 0.2) is 6.07 Å². The summed E-state index contributed by atoms with van der Waals surface area (Å²) in [6.45, 7) is 6.80. The van der Waals surface area contributed by atoms with Crippen LogP contribution in [0.2, 0.25) is 0 Å². The van der Waals surface area contributed by atoms with Crippen molar-refractivity contribution in [3.8, 4) is 11.5 Å². The van der Waals surface area contributed by atoms with Gasteiger partial charge in [-0.1, -0.05) is 13.0 Å². The lowest BCUT2D eigenvalue weighted by Gasteiger charge is -2.20. The molecule has 0 aliphatic rings. The fraction of sp³-hybridized carbons (Fsp3) is 0.538. The maximum Gasteiger partial charge on any atom is 0.164 e. The fourth-order valence-corrected chi connectivity index (χ4v) is 1.84. The summed E-state index contributed by atoms with van der Waals surface area (Å²) in [5.41, 5.74) is 9.15. The van der Waals surface area contributed by atoms with E-state index in [1.165, 1.54) is 5.56 Å². The van der Waals surface area contributed by atoms with Crippen LogP contribution >= 0.6 is 0 Å². The van der Waals surface area contributed by atoms with Gasteiger partial charge in [-0.05, 0) is 37.4 Å². The second-order valence-corrected chi connectivity index (χ2v) is 4.11. The van der Waals surface area contributed by atoms with Crippen LogP contribution < -0.4 is 15.2 Å². The highest BCUT2D eigenvalue weighted by atomic mass is 16.5. The number of hydrogen-bond donors (Lipinski definition) is 1. The maximum absolute atomic E-state index is 5.71. The van der Waals surface area contributed by atoms with E-state index in [9.17, 15) is 0 Å². The van der Waals surface area contributed by atoms with Gasteiger partial charge in [0.1, 0.15) is 0 Å². The van der Waals surface area contributed by atoms with E-state index in [0.29, 0.717) is 6.54 Å². The molecule has 0 radical (unpaired) electrons. The van der Waals surface area contributed by atoms with Crippen molar-refractivity contribution in [3.05, 3.63) is 22.8 Å². The third kappa shape index (κ3) is 2.14. The topological polar surface area (TPSA) is 44.5 Å². The van der Waals surface area contributed by atoms with Gasteiger partial charge in [0.05, 0.1) is 14.2 Å². The third-order valence-corrected chi connectivity index (χ3v) is 3.07. The molecule has 16 heavy (non-hydrogen) atoms. The number of nitrogens with two attached hydrogens (primary N) is 1. The Labute approximate surface area is 97.6 Å². The van der Waals surface area contributed by atoms with Gasteiger partial charge in [-0.25, -0.2) is 0 Å². The molecule has 3 heteroatoms.